The summed E-state index contributed by atoms with van der Waals surface area (Å²) in [6.07, 6.45) is 4.28. The number of anilines is 1. The van der Waals surface area contributed by atoms with E-state index < -0.39 is 20.0 Å². The van der Waals surface area contributed by atoms with Crippen LogP contribution in [0.1, 0.15) is 13.3 Å². The Labute approximate surface area is 124 Å². The Kier molecular flexibility index (Phi) is 6.45. The van der Waals surface area contributed by atoms with Gasteiger partial charge in [-0.05, 0) is 6.42 Å². The highest BCUT2D eigenvalue weighted by Crippen LogP contribution is 2.06. The zero-order chi connectivity index (χ0) is 15.9. The van der Waals surface area contributed by atoms with Gasteiger partial charge < -0.3 is 5.32 Å². The molecule has 11 heteroatoms. The first-order chi connectivity index (χ1) is 9.74. The molecule has 0 atom stereocenters. The van der Waals surface area contributed by atoms with Gasteiger partial charge in [0, 0.05) is 19.6 Å². The molecule has 0 spiro atoms. The fourth-order valence-electron chi connectivity index (χ4n) is 1.29. The number of nitrogens with zero attached hydrogens (tertiary/aromatic N) is 2. The average Bonchev–Trinajstić information content (AvgIpc) is 2.41. The molecule has 0 aliphatic rings. The summed E-state index contributed by atoms with van der Waals surface area (Å²) in [5.41, 5.74) is 0. The minimum atomic E-state index is -3.75. The van der Waals surface area contributed by atoms with E-state index in [9.17, 15) is 16.8 Å². The van der Waals surface area contributed by atoms with Crippen molar-refractivity contribution in [3.05, 3.63) is 12.4 Å². The van der Waals surface area contributed by atoms with E-state index in [4.69, 9.17) is 0 Å². The molecule has 0 saturated carbocycles. The summed E-state index contributed by atoms with van der Waals surface area (Å²) in [6, 6.07) is 0. The summed E-state index contributed by atoms with van der Waals surface area (Å²) >= 11 is 0. The lowest BCUT2D eigenvalue weighted by Crippen LogP contribution is -2.34. The molecule has 9 nitrogen and oxygen atoms in total. The van der Waals surface area contributed by atoms with E-state index in [0.717, 1.165) is 12.7 Å². The third-order valence-corrected chi connectivity index (χ3v) is 4.40. The van der Waals surface area contributed by atoms with Crippen molar-refractivity contribution in [2.45, 2.75) is 18.2 Å². The Balaban J connectivity index is 2.57. The Morgan fingerprint density at radius 2 is 1.57 bits per heavy atom. The molecular weight excluding hydrogens is 318 g/mol. The third kappa shape index (κ3) is 6.80. The number of sulfonamides is 2. The van der Waals surface area contributed by atoms with Crippen molar-refractivity contribution >= 4 is 26.0 Å². The van der Waals surface area contributed by atoms with Crippen LogP contribution >= 0.6 is 0 Å². The summed E-state index contributed by atoms with van der Waals surface area (Å²) in [4.78, 5) is 7.71. The summed E-state index contributed by atoms with van der Waals surface area (Å²) in [5.74, 6) is 0.356. The van der Waals surface area contributed by atoms with Crippen LogP contribution < -0.4 is 14.8 Å². The summed E-state index contributed by atoms with van der Waals surface area (Å²) in [5, 5.41) is 2.93. The standard InChI is InChI=1S/C10H19N5O4S2/c1-3-4-11-10-12-7-9(8-13-10)21(18,19)15-6-5-14-20(2,16)17/h7-8,14-15H,3-6H2,1-2H3,(H,11,12,13). The van der Waals surface area contributed by atoms with E-state index in [2.05, 4.69) is 24.7 Å². The zero-order valence-corrected chi connectivity index (χ0v) is 13.5. The predicted molar refractivity (Wildman–Crippen MR) is 78.8 cm³/mol. The molecule has 0 fully saturated rings. The Morgan fingerprint density at radius 1 is 1.00 bits per heavy atom. The molecule has 1 aromatic heterocycles. The Morgan fingerprint density at radius 3 is 2.10 bits per heavy atom. The van der Waals surface area contributed by atoms with Crippen molar-refractivity contribution in [3.63, 3.8) is 0 Å². The molecule has 0 aliphatic heterocycles. The van der Waals surface area contributed by atoms with E-state index in [1.165, 1.54) is 12.4 Å². The molecule has 0 amide bonds. The van der Waals surface area contributed by atoms with Crippen LogP contribution in [-0.2, 0) is 20.0 Å². The van der Waals surface area contributed by atoms with Gasteiger partial charge in [-0.25, -0.2) is 36.2 Å². The average molecular weight is 337 g/mol. The second kappa shape index (κ2) is 7.64. The van der Waals surface area contributed by atoms with Gasteiger partial charge in [0.2, 0.25) is 26.0 Å². The molecule has 1 aromatic rings. The van der Waals surface area contributed by atoms with Crippen molar-refractivity contribution < 1.29 is 16.8 Å². The van der Waals surface area contributed by atoms with Crippen LogP contribution in [0.3, 0.4) is 0 Å². The van der Waals surface area contributed by atoms with Crippen LogP contribution in [0.2, 0.25) is 0 Å². The summed E-state index contributed by atoms with van der Waals surface area (Å²) in [7, 11) is -7.09. The van der Waals surface area contributed by atoms with Gasteiger partial charge in [0.05, 0.1) is 18.6 Å². The number of hydrogen-bond acceptors (Lipinski definition) is 7. The molecule has 0 aliphatic carbocycles. The van der Waals surface area contributed by atoms with Crippen LogP contribution in [-0.4, -0.2) is 52.7 Å². The minimum absolute atomic E-state index is 0.0327. The van der Waals surface area contributed by atoms with Crippen molar-refractivity contribution in [1.29, 1.82) is 0 Å². The number of rotatable bonds is 9. The van der Waals surface area contributed by atoms with E-state index in [-0.39, 0.29) is 18.0 Å². The lowest BCUT2D eigenvalue weighted by atomic mass is 10.5. The highest BCUT2D eigenvalue weighted by Gasteiger charge is 2.14. The first-order valence-electron chi connectivity index (χ1n) is 6.25. The van der Waals surface area contributed by atoms with Gasteiger partial charge in [-0.2, -0.15) is 0 Å². The summed E-state index contributed by atoms with van der Waals surface area (Å²) in [6.45, 7) is 2.59. The molecule has 0 bridgehead atoms. The number of aromatic nitrogens is 2. The molecule has 21 heavy (non-hydrogen) atoms. The van der Waals surface area contributed by atoms with Gasteiger partial charge in [-0.15, -0.1) is 0 Å². The van der Waals surface area contributed by atoms with Crippen molar-refractivity contribution in [2.75, 3.05) is 31.2 Å². The highest BCUT2D eigenvalue weighted by atomic mass is 32.2. The molecule has 0 unspecified atom stereocenters. The lowest BCUT2D eigenvalue weighted by molar-refractivity contribution is 0.572. The maximum absolute atomic E-state index is 11.9. The van der Waals surface area contributed by atoms with E-state index in [0.29, 0.717) is 12.5 Å². The molecule has 0 aromatic carbocycles. The van der Waals surface area contributed by atoms with Gasteiger partial charge >= 0.3 is 0 Å². The van der Waals surface area contributed by atoms with Gasteiger partial charge in [-0.3, -0.25) is 0 Å². The summed E-state index contributed by atoms with van der Waals surface area (Å²) < 4.78 is 49.9. The normalized spacial score (nSPS) is 12.3. The fraction of sp³-hybridized carbons (Fsp3) is 0.600. The van der Waals surface area contributed by atoms with Crippen LogP contribution in [0.15, 0.2) is 17.3 Å². The van der Waals surface area contributed by atoms with Gasteiger partial charge in [0.25, 0.3) is 0 Å². The molecule has 120 valence electrons. The Hall–Kier alpha value is -1.30. The fourth-order valence-corrected chi connectivity index (χ4v) is 2.68. The second-order valence-corrected chi connectivity index (χ2v) is 7.83. The molecule has 0 radical (unpaired) electrons. The maximum Gasteiger partial charge on any atom is 0.243 e. The SMILES string of the molecule is CCCNc1ncc(S(=O)(=O)NCCNS(C)(=O)=O)cn1. The van der Waals surface area contributed by atoms with Gasteiger partial charge in [-0.1, -0.05) is 6.92 Å². The molecular formula is C10H19N5O4S2. The van der Waals surface area contributed by atoms with Crippen molar-refractivity contribution in [2.24, 2.45) is 0 Å². The van der Waals surface area contributed by atoms with Crippen LogP contribution in [0.25, 0.3) is 0 Å². The molecule has 3 N–H and O–H groups in total. The van der Waals surface area contributed by atoms with E-state index in [1.807, 2.05) is 6.92 Å². The quantitative estimate of drug-likeness (QED) is 0.499. The molecule has 1 heterocycles. The van der Waals surface area contributed by atoms with Gasteiger partial charge in [0.15, 0.2) is 0 Å². The van der Waals surface area contributed by atoms with Crippen molar-refractivity contribution in [1.82, 2.24) is 19.4 Å². The minimum Gasteiger partial charge on any atom is -0.354 e. The largest absolute Gasteiger partial charge is 0.354 e. The number of nitrogens with one attached hydrogen (secondary N) is 3. The first kappa shape index (κ1) is 17.8. The lowest BCUT2D eigenvalue weighted by Gasteiger charge is -2.07. The third-order valence-electron chi connectivity index (χ3n) is 2.25. The topological polar surface area (TPSA) is 130 Å². The maximum atomic E-state index is 11.9. The first-order valence-corrected chi connectivity index (χ1v) is 9.62. The van der Waals surface area contributed by atoms with Crippen molar-refractivity contribution in [3.8, 4) is 0 Å². The second-order valence-electron chi connectivity index (χ2n) is 4.23. The Bertz CT molecular complexity index is 643. The van der Waals surface area contributed by atoms with Crippen LogP contribution in [0.5, 0.6) is 0 Å². The number of hydrogen-bond donors (Lipinski definition) is 3. The van der Waals surface area contributed by atoms with E-state index >= 15 is 0 Å². The zero-order valence-electron chi connectivity index (χ0n) is 11.8. The van der Waals surface area contributed by atoms with E-state index in [1.54, 1.807) is 0 Å². The van der Waals surface area contributed by atoms with Gasteiger partial charge in [0.1, 0.15) is 4.90 Å². The molecule has 0 saturated heterocycles. The highest BCUT2D eigenvalue weighted by molar-refractivity contribution is 7.89. The van der Waals surface area contributed by atoms with Crippen LogP contribution in [0.4, 0.5) is 5.95 Å². The molecule has 1 rings (SSSR count). The monoisotopic (exact) mass is 337 g/mol. The van der Waals surface area contributed by atoms with Crippen LogP contribution in [0, 0.1) is 0 Å². The smallest absolute Gasteiger partial charge is 0.243 e. The predicted octanol–water partition coefficient (Wildman–Crippen LogP) is -0.874.